The molecule has 1 aliphatic heterocycles. The van der Waals surface area contributed by atoms with E-state index in [1.165, 1.54) is 0 Å². The Balaban J connectivity index is 1.43. The van der Waals surface area contributed by atoms with E-state index < -0.39 is 0 Å². The van der Waals surface area contributed by atoms with Crippen molar-refractivity contribution in [3.8, 4) is 17.2 Å². The van der Waals surface area contributed by atoms with Gasteiger partial charge >= 0.3 is 0 Å². The molecular weight excluding hydrogens is 344 g/mol. The summed E-state index contributed by atoms with van der Waals surface area (Å²) in [5.74, 6) is 1.98. The number of likely N-dealkylation sites (tertiary alicyclic amines) is 1. The predicted octanol–water partition coefficient (Wildman–Crippen LogP) is 3.19. The number of nitrogens with zero attached hydrogens (tertiary/aromatic N) is 1. The second kappa shape index (κ2) is 9.28. The third-order valence-electron chi connectivity index (χ3n) is 4.54. The van der Waals surface area contributed by atoms with E-state index in [4.69, 9.17) is 14.2 Å². The fourth-order valence-corrected chi connectivity index (χ4v) is 2.93. The van der Waals surface area contributed by atoms with E-state index in [1.807, 2.05) is 24.3 Å². The Morgan fingerprint density at radius 1 is 1.00 bits per heavy atom. The number of anilines is 1. The molecule has 1 aliphatic rings. The molecule has 0 aliphatic carbocycles. The number of nitrogens with one attached hydrogen (secondary N) is 1. The molecule has 1 N–H and O–H groups in total. The van der Waals surface area contributed by atoms with Gasteiger partial charge < -0.3 is 24.4 Å². The first kappa shape index (κ1) is 19.0. The van der Waals surface area contributed by atoms with Gasteiger partial charge in [-0.3, -0.25) is 4.79 Å². The first-order chi connectivity index (χ1) is 13.1. The lowest BCUT2D eigenvalue weighted by atomic mass is 10.1. The van der Waals surface area contributed by atoms with Crippen molar-refractivity contribution in [1.82, 2.24) is 4.90 Å². The Morgan fingerprint density at radius 3 is 2.22 bits per heavy atom. The van der Waals surface area contributed by atoms with Crippen LogP contribution in [0, 0.1) is 0 Å². The number of piperidine rings is 1. The third-order valence-corrected chi connectivity index (χ3v) is 4.54. The summed E-state index contributed by atoms with van der Waals surface area (Å²) in [6.45, 7) is 2.07. The Labute approximate surface area is 160 Å². The van der Waals surface area contributed by atoms with Crippen molar-refractivity contribution < 1.29 is 19.0 Å². The number of amides is 1. The molecule has 3 rings (SSSR count). The van der Waals surface area contributed by atoms with Gasteiger partial charge in [0.2, 0.25) is 0 Å². The zero-order valence-corrected chi connectivity index (χ0v) is 15.8. The summed E-state index contributed by atoms with van der Waals surface area (Å²) in [4.78, 5) is 14.4. The number of rotatable bonds is 7. The minimum atomic E-state index is -0.213. The van der Waals surface area contributed by atoms with Crippen LogP contribution in [0.1, 0.15) is 12.8 Å². The van der Waals surface area contributed by atoms with E-state index in [-0.39, 0.29) is 18.6 Å². The van der Waals surface area contributed by atoms with Crippen molar-refractivity contribution in [1.29, 1.82) is 0 Å². The summed E-state index contributed by atoms with van der Waals surface area (Å²) in [7, 11) is 3.74. The largest absolute Gasteiger partial charge is 0.497 e. The van der Waals surface area contributed by atoms with Crippen LogP contribution in [0.5, 0.6) is 17.2 Å². The van der Waals surface area contributed by atoms with E-state index in [9.17, 15) is 4.79 Å². The molecular formula is C21H26N2O4. The number of benzene rings is 2. The highest BCUT2D eigenvalue weighted by Gasteiger charge is 2.17. The molecule has 6 nitrogen and oxygen atoms in total. The number of carbonyl (C=O) groups is 1. The van der Waals surface area contributed by atoms with Gasteiger partial charge in [0.15, 0.2) is 6.61 Å². The van der Waals surface area contributed by atoms with Crippen LogP contribution in [0.15, 0.2) is 48.5 Å². The zero-order valence-electron chi connectivity index (χ0n) is 15.8. The molecule has 144 valence electrons. The second-order valence-electron chi connectivity index (χ2n) is 6.66. The Hall–Kier alpha value is -2.73. The minimum absolute atomic E-state index is 0.0554. The maximum absolute atomic E-state index is 12.0. The van der Waals surface area contributed by atoms with Crippen molar-refractivity contribution >= 4 is 11.6 Å². The average molecular weight is 370 g/mol. The lowest BCUT2D eigenvalue weighted by Crippen LogP contribution is -2.35. The maximum Gasteiger partial charge on any atom is 0.262 e. The van der Waals surface area contributed by atoms with Crippen molar-refractivity contribution in [2.45, 2.75) is 18.9 Å². The normalized spacial score (nSPS) is 15.2. The van der Waals surface area contributed by atoms with Crippen molar-refractivity contribution in [3.05, 3.63) is 48.5 Å². The highest BCUT2D eigenvalue weighted by Crippen LogP contribution is 2.21. The van der Waals surface area contributed by atoms with Crippen LogP contribution in [0.25, 0.3) is 0 Å². The SMILES string of the molecule is COc1ccc(OCC(=O)Nc2ccc(OC3CCN(C)CC3)cc2)cc1. The van der Waals surface area contributed by atoms with E-state index in [0.29, 0.717) is 11.4 Å². The molecule has 1 amide bonds. The van der Waals surface area contributed by atoms with Crippen LogP contribution < -0.4 is 19.5 Å². The second-order valence-corrected chi connectivity index (χ2v) is 6.66. The minimum Gasteiger partial charge on any atom is -0.497 e. The zero-order chi connectivity index (χ0) is 19.1. The Morgan fingerprint density at radius 2 is 1.59 bits per heavy atom. The number of carbonyl (C=O) groups excluding carboxylic acids is 1. The van der Waals surface area contributed by atoms with Gasteiger partial charge in [-0.1, -0.05) is 0 Å². The molecule has 1 heterocycles. The van der Waals surface area contributed by atoms with Crippen molar-refractivity contribution in [2.24, 2.45) is 0 Å². The van der Waals surface area contributed by atoms with E-state index >= 15 is 0 Å². The van der Waals surface area contributed by atoms with Gasteiger partial charge in [-0.05, 0) is 68.4 Å². The molecule has 1 saturated heterocycles. The van der Waals surface area contributed by atoms with Crippen LogP contribution in [0.4, 0.5) is 5.69 Å². The highest BCUT2D eigenvalue weighted by atomic mass is 16.5. The standard InChI is InChI=1S/C21H26N2O4/c1-23-13-11-20(12-14-23)27-19-5-3-16(4-6-19)22-21(24)15-26-18-9-7-17(25-2)8-10-18/h3-10,20H,11-15H2,1-2H3,(H,22,24). The lowest BCUT2D eigenvalue weighted by molar-refractivity contribution is -0.118. The number of methoxy groups -OCH3 is 1. The summed E-state index contributed by atoms with van der Waals surface area (Å²) < 4.78 is 16.6. The van der Waals surface area contributed by atoms with Gasteiger partial charge in [-0.15, -0.1) is 0 Å². The van der Waals surface area contributed by atoms with Gasteiger partial charge in [-0.25, -0.2) is 0 Å². The molecule has 0 radical (unpaired) electrons. The molecule has 2 aromatic carbocycles. The summed E-state index contributed by atoms with van der Waals surface area (Å²) >= 11 is 0. The van der Waals surface area contributed by atoms with Gasteiger partial charge in [0.25, 0.3) is 5.91 Å². The monoisotopic (exact) mass is 370 g/mol. The smallest absolute Gasteiger partial charge is 0.262 e. The van der Waals surface area contributed by atoms with Gasteiger partial charge in [0.05, 0.1) is 7.11 Å². The number of ether oxygens (including phenoxy) is 3. The van der Waals surface area contributed by atoms with Crippen LogP contribution >= 0.6 is 0 Å². The third kappa shape index (κ3) is 5.89. The van der Waals surface area contributed by atoms with Crippen molar-refractivity contribution in [2.75, 3.05) is 39.2 Å². The lowest BCUT2D eigenvalue weighted by Gasteiger charge is -2.29. The molecule has 1 fully saturated rings. The summed E-state index contributed by atoms with van der Waals surface area (Å²) in [5, 5.41) is 2.82. The molecule has 0 atom stereocenters. The van der Waals surface area contributed by atoms with E-state index in [2.05, 4.69) is 17.3 Å². The fourth-order valence-electron chi connectivity index (χ4n) is 2.93. The topological polar surface area (TPSA) is 60.0 Å². The molecule has 0 aromatic heterocycles. The van der Waals surface area contributed by atoms with E-state index in [0.717, 1.165) is 37.4 Å². The van der Waals surface area contributed by atoms with Crippen LogP contribution in [-0.2, 0) is 4.79 Å². The van der Waals surface area contributed by atoms with Crippen LogP contribution in [0.2, 0.25) is 0 Å². The quantitative estimate of drug-likeness (QED) is 0.811. The molecule has 27 heavy (non-hydrogen) atoms. The Bertz CT molecular complexity index is 723. The summed E-state index contributed by atoms with van der Waals surface area (Å²) in [5.41, 5.74) is 0.717. The van der Waals surface area contributed by atoms with Crippen molar-refractivity contribution in [3.63, 3.8) is 0 Å². The molecule has 0 saturated carbocycles. The average Bonchev–Trinajstić information content (AvgIpc) is 2.70. The van der Waals surface area contributed by atoms with Crippen LogP contribution in [-0.4, -0.2) is 50.8 Å². The predicted molar refractivity (Wildman–Crippen MR) is 105 cm³/mol. The number of hydrogen-bond acceptors (Lipinski definition) is 5. The molecule has 2 aromatic rings. The first-order valence-corrected chi connectivity index (χ1v) is 9.14. The first-order valence-electron chi connectivity index (χ1n) is 9.14. The fraction of sp³-hybridized carbons (Fsp3) is 0.381. The van der Waals surface area contributed by atoms with Gasteiger partial charge in [0, 0.05) is 18.8 Å². The molecule has 0 bridgehead atoms. The molecule has 0 unspecified atom stereocenters. The van der Waals surface area contributed by atoms with Crippen LogP contribution in [0.3, 0.4) is 0 Å². The van der Waals surface area contributed by atoms with Gasteiger partial charge in [-0.2, -0.15) is 0 Å². The van der Waals surface area contributed by atoms with E-state index in [1.54, 1.807) is 31.4 Å². The summed E-state index contributed by atoms with van der Waals surface area (Å²) in [6, 6.07) is 14.6. The highest BCUT2D eigenvalue weighted by molar-refractivity contribution is 5.91. The number of hydrogen-bond donors (Lipinski definition) is 1. The molecule has 0 spiro atoms. The summed E-state index contributed by atoms with van der Waals surface area (Å²) in [6.07, 6.45) is 2.34. The maximum atomic E-state index is 12.0. The molecule has 6 heteroatoms. The Kier molecular flexibility index (Phi) is 6.54. The van der Waals surface area contributed by atoms with Gasteiger partial charge in [0.1, 0.15) is 23.4 Å².